The fourth-order valence-corrected chi connectivity index (χ4v) is 0.658. The lowest BCUT2D eigenvalue weighted by molar-refractivity contribution is -0.648. The molecule has 0 fully saturated rings. The molecule has 0 aromatic rings. The molecule has 8 heteroatoms. The van der Waals surface area contributed by atoms with Crippen LogP contribution in [0.5, 0.6) is 0 Å². The molecule has 0 aliphatic carbocycles. The van der Waals surface area contributed by atoms with E-state index in [1.54, 1.807) is 20.8 Å². The van der Waals surface area contributed by atoms with Crippen LogP contribution in [0.3, 0.4) is 0 Å². The van der Waals surface area contributed by atoms with Gasteiger partial charge < -0.3 is 14.7 Å². The number of nitrogens with one attached hydrogen (secondary N) is 1. The third-order valence-corrected chi connectivity index (χ3v) is 1.22. The van der Waals surface area contributed by atoms with E-state index in [0.717, 1.165) is 6.42 Å². The Labute approximate surface area is 100 Å². The summed E-state index contributed by atoms with van der Waals surface area (Å²) in [7, 11) is 0. The van der Waals surface area contributed by atoms with Gasteiger partial charge in [-0.05, 0) is 32.8 Å². The molecule has 0 aromatic carbocycles. The predicted octanol–water partition coefficient (Wildman–Crippen LogP) is 1.70. The van der Waals surface area contributed by atoms with Crippen LogP contribution in [0.4, 0.5) is 4.79 Å². The molecule has 0 heterocycles. The highest BCUT2D eigenvalue weighted by molar-refractivity contribution is 5.60. The summed E-state index contributed by atoms with van der Waals surface area (Å²) in [5, 5.41) is 14.3. The molecule has 100 valence electrons. The zero-order valence-corrected chi connectivity index (χ0v) is 10.6. The maximum absolute atomic E-state index is 11.0. The van der Waals surface area contributed by atoms with Gasteiger partial charge in [-0.1, -0.05) is 6.92 Å². The standard InChI is InChI=1S/C9H19N3O5/c1-5-6-10-12(14)11-16-7-15-8(13)17-9(2,3)4/h5-7H2,1-4H3,(H,10,11). The van der Waals surface area contributed by atoms with Crippen LogP contribution < -0.4 is 5.59 Å². The van der Waals surface area contributed by atoms with Crippen LogP contribution in [-0.4, -0.2) is 30.1 Å². The number of nitrogens with zero attached hydrogens (tertiary/aromatic N) is 2. The van der Waals surface area contributed by atoms with Gasteiger partial charge in [0.1, 0.15) is 12.1 Å². The van der Waals surface area contributed by atoms with Crippen LogP contribution in [0.2, 0.25) is 0 Å². The van der Waals surface area contributed by atoms with Gasteiger partial charge in [-0.3, -0.25) is 0 Å². The Morgan fingerprint density at radius 2 is 2.12 bits per heavy atom. The Balaban J connectivity index is 3.61. The molecule has 1 N–H and O–H groups in total. The third-order valence-electron chi connectivity index (χ3n) is 1.22. The van der Waals surface area contributed by atoms with Gasteiger partial charge in [-0.2, -0.15) is 4.84 Å². The van der Waals surface area contributed by atoms with Gasteiger partial charge in [0.05, 0.1) is 4.97 Å². The van der Waals surface area contributed by atoms with Crippen molar-refractivity contribution < 1.29 is 24.1 Å². The molecule has 0 bridgehead atoms. The summed E-state index contributed by atoms with van der Waals surface area (Å²) in [6.07, 6.45) is -0.128. The Bertz CT molecular complexity index is 262. The van der Waals surface area contributed by atoms with Crippen molar-refractivity contribution in [3.05, 3.63) is 5.21 Å². The average molecular weight is 249 g/mol. The lowest BCUT2D eigenvalue weighted by Crippen LogP contribution is -2.28. The number of hydrogen-bond acceptors (Lipinski definition) is 6. The van der Waals surface area contributed by atoms with E-state index >= 15 is 0 Å². The van der Waals surface area contributed by atoms with E-state index in [9.17, 15) is 10.0 Å². The highest BCUT2D eigenvalue weighted by Gasteiger charge is 2.17. The molecule has 0 saturated heterocycles. The Morgan fingerprint density at radius 3 is 2.65 bits per heavy atom. The highest BCUT2D eigenvalue weighted by Crippen LogP contribution is 2.07. The SMILES string of the molecule is CCCN=[N+]([O-])NOCOC(=O)OC(C)(C)C. The number of carbonyl (C=O) groups excluding carboxylic acids is 1. The smallest absolute Gasteiger partial charge is 0.511 e. The van der Waals surface area contributed by atoms with Gasteiger partial charge in [-0.25, -0.2) is 4.79 Å². The van der Waals surface area contributed by atoms with E-state index in [-0.39, 0.29) is 4.97 Å². The number of rotatable bonds is 6. The van der Waals surface area contributed by atoms with Crippen LogP contribution in [0.1, 0.15) is 34.1 Å². The molecule has 0 atom stereocenters. The summed E-state index contributed by atoms with van der Waals surface area (Å²) in [6.45, 7) is 6.93. The maximum Gasteiger partial charge on any atom is 0.511 e. The van der Waals surface area contributed by atoms with Gasteiger partial charge in [-0.15, -0.1) is 0 Å². The van der Waals surface area contributed by atoms with Crippen LogP contribution in [0, 0.1) is 5.21 Å². The summed E-state index contributed by atoms with van der Waals surface area (Å²) < 4.78 is 9.35. The molecule has 0 radical (unpaired) electrons. The van der Waals surface area contributed by atoms with Crippen molar-refractivity contribution in [3.63, 3.8) is 0 Å². The first kappa shape index (κ1) is 15.4. The van der Waals surface area contributed by atoms with Crippen LogP contribution >= 0.6 is 0 Å². The fraction of sp³-hybridized carbons (Fsp3) is 0.889. The lowest BCUT2D eigenvalue weighted by atomic mass is 10.2. The van der Waals surface area contributed by atoms with E-state index < -0.39 is 18.5 Å². The predicted molar refractivity (Wildman–Crippen MR) is 57.6 cm³/mol. The number of carbonyl (C=O) groups is 1. The molecule has 0 aromatic heterocycles. The Morgan fingerprint density at radius 1 is 1.47 bits per heavy atom. The van der Waals surface area contributed by atoms with E-state index in [2.05, 4.69) is 14.7 Å². The third kappa shape index (κ3) is 10.7. The van der Waals surface area contributed by atoms with E-state index in [1.807, 2.05) is 12.5 Å². The monoisotopic (exact) mass is 249 g/mol. The maximum atomic E-state index is 11.0. The molecule has 0 rings (SSSR count). The molecule has 0 saturated carbocycles. The van der Waals surface area contributed by atoms with Gasteiger partial charge in [0.15, 0.2) is 0 Å². The van der Waals surface area contributed by atoms with E-state index in [4.69, 9.17) is 4.74 Å². The van der Waals surface area contributed by atoms with Crippen molar-refractivity contribution in [3.8, 4) is 0 Å². The largest absolute Gasteiger partial charge is 0.570 e. The molecule has 0 aliphatic heterocycles. The molecule has 0 amide bonds. The van der Waals surface area contributed by atoms with Gasteiger partial charge in [0.25, 0.3) is 0 Å². The summed E-state index contributed by atoms with van der Waals surface area (Å²) >= 11 is 0. The average Bonchev–Trinajstić information content (AvgIpc) is 2.19. The zero-order valence-electron chi connectivity index (χ0n) is 10.6. The van der Waals surface area contributed by atoms with Crippen molar-refractivity contribution in [2.24, 2.45) is 5.11 Å². The van der Waals surface area contributed by atoms with Crippen molar-refractivity contribution in [1.29, 1.82) is 0 Å². The van der Waals surface area contributed by atoms with Crippen molar-refractivity contribution >= 4 is 6.16 Å². The Hall–Kier alpha value is -1.57. The first-order valence-electron chi connectivity index (χ1n) is 5.23. The molecular weight excluding hydrogens is 230 g/mol. The first-order valence-corrected chi connectivity index (χ1v) is 5.23. The Kier molecular flexibility index (Phi) is 6.95. The van der Waals surface area contributed by atoms with Gasteiger partial charge in [0, 0.05) is 5.11 Å². The van der Waals surface area contributed by atoms with Crippen LogP contribution in [0.25, 0.3) is 0 Å². The van der Waals surface area contributed by atoms with Crippen molar-refractivity contribution in [2.75, 3.05) is 13.3 Å². The molecule has 8 nitrogen and oxygen atoms in total. The number of hydrogen-bond donors (Lipinski definition) is 1. The molecule has 0 spiro atoms. The second-order valence-corrected chi connectivity index (χ2v) is 4.10. The van der Waals surface area contributed by atoms with Gasteiger partial charge >= 0.3 is 6.16 Å². The summed E-state index contributed by atoms with van der Waals surface area (Å²) in [5.41, 5.74) is 1.28. The van der Waals surface area contributed by atoms with Crippen LogP contribution in [-0.2, 0) is 14.3 Å². The highest BCUT2D eigenvalue weighted by atomic mass is 16.8. The zero-order chi connectivity index (χ0) is 13.3. The number of hydrazine groups is 1. The quantitative estimate of drug-likeness (QED) is 0.192. The van der Waals surface area contributed by atoms with Crippen LogP contribution in [0.15, 0.2) is 5.11 Å². The molecular formula is C9H19N3O5. The first-order chi connectivity index (χ1) is 7.85. The lowest BCUT2D eigenvalue weighted by Gasteiger charge is -2.18. The van der Waals surface area contributed by atoms with E-state index in [1.165, 1.54) is 0 Å². The normalized spacial score (nSPS) is 12.1. The summed E-state index contributed by atoms with van der Waals surface area (Å²) in [6, 6.07) is 0. The molecule has 17 heavy (non-hydrogen) atoms. The van der Waals surface area contributed by atoms with Crippen molar-refractivity contribution in [2.45, 2.75) is 39.7 Å². The number of ether oxygens (including phenoxy) is 2. The minimum absolute atomic E-state index is 0.155. The molecule has 0 unspecified atom stereocenters. The second kappa shape index (κ2) is 7.66. The van der Waals surface area contributed by atoms with E-state index in [0.29, 0.717) is 6.54 Å². The topological polar surface area (TPSA) is 95.2 Å². The molecule has 0 aliphatic rings. The fourth-order valence-electron chi connectivity index (χ4n) is 0.658. The second-order valence-electron chi connectivity index (χ2n) is 4.10. The van der Waals surface area contributed by atoms with Crippen molar-refractivity contribution in [1.82, 2.24) is 5.59 Å². The van der Waals surface area contributed by atoms with Gasteiger partial charge in [0.2, 0.25) is 6.79 Å². The minimum Gasteiger partial charge on any atom is -0.570 e. The minimum atomic E-state index is -0.873. The summed E-state index contributed by atoms with van der Waals surface area (Å²) in [5.74, 6) is 0. The summed E-state index contributed by atoms with van der Waals surface area (Å²) in [4.78, 5) is 15.7.